The Balaban J connectivity index is 1.51. The largest absolute Gasteiger partial charge is 0.416 e. The molecule has 33 heavy (non-hydrogen) atoms. The van der Waals surface area contributed by atoms with Gasteiger partial charge in [-0.3, -0.25) is 4.68 Å². The number of hydrogen-bond donors (Lipinski definition) is 0. The normalized spacial score (nSPS) is 22.1. The molecule has 0 N–H and O–H groups in total. The number of aryl methyl sites for hydroxylation is 1. The molecule has 1 atom stereocenters. The van der Waals surface area contributed by atoms with Crippen LogP contribution in [0.25, 0.3) is 0 Å². The third-order valence-electron chi connectivity index (χ3n) is 6.20. The van der Waals surface area contributed by atoms with Gasteiger partial charge in [-0.05, 0) is 38.5 Å². The zero-order valence-electron chi connectivity index (χ0n) is 18.2. The Labute approximate surface area is 191 Å². The van der Waals surface area contributed by atoms with Crippen LogP contribution in [0.3, 0.4) is 0 Å². The maximum atomic E-state index is 13.0. The Bertz CT molecular complexity index is 1260. The highest BCUT2D eigenvalue weighted by Gasteiger charge is 2.36. The van der Waals surface area contributed by atoms with Crippen LogP contribution < -0.4 is 4.90 Å². The van der Waals surface area contributed by atoms with Crippen molar-refractivity contribution in [3.63, 3.8) is 0 Å². The second kappa shape index (κ2) is 8.27. The lowest BCUT2D eigenvalue weighted by molar-refractivity contribution is -0.137. The Hall–Kier alpha value is -2.12. The van der Waals surface area contributed by atoms with Crippen molar-refractivity contribution in [1.82, 2.24) is 14.1 Å². The zero-order chi connectivity index (χ0) is 24.2. The number of sulfonamides is 1. The van der Waals surface area contributed by atoms with Gasteiger partial charge >= 0.3 is 6.18 Å². The van der Waals surface area contributed by atoms with E-state index in [9.17, 15) is 30.0 Å². The van der Waals surface area contributed by atoms with Gasteiger partial charge in [-0.1, -0.05) is 6.07 Å². The van der Waals surface area contributed by atoms with Crippen molar-refractivity contribution in [3.8, 4) is 0 Å². The van der Waals surface area contributed by atoms with Gasteiger partial charge in [0, 0.05) is 26.2 Å². The summed E-state index contributed by atoms with van der Waals surface area (Å²) in [5, 5.41) is 4.55. The van der Waals surface area contributed by atoms with Crippen LogP contribution in [0.1, 0.15) is 29.4 Å². The lowest BCUT2D eigenvalue weighted by Gasteiger charge is -2.35. The molecule has 0 amide bonds. The molecule has 0 aliphatic carbocycles. The molecule has 1 aromatic heterocycles. The van der Waals surface area contributed by atoms with Gasteiger partial charge in [-0.25, -0.2) is 16.8 Å². The summed E-state index contributed by atoms with van der Waals surface area (Å²) in [6.07, 6.45) is -4.12. The summed E-state index contributed by atoms with van der Waals surface area (Å²) < 4.78 is 91.6. The van der Waals surface area contributed by atoms with Gasteiger partial charge in [-0.2, -0.15) is 22.6 Å². The summed E-state index contributed by atoms with van der Waals surface area (Å²) in [6.45, 7) is 4.60. The molecular weight excluding hydrogens is 481 g/mol. The molecule has 0 saturated carbocycles. The predicted molar refractivity (Wildman–Crippen MR) is 116 cm³/mol. The van der Waals surface area contributed by atoms with Gasteiger partial charge in [-0.15, -0.1) is 0 Å². The van der Waals surface area contributed by atoms with Crippen LogP contribution >= 0.6 is 0 Å². The predicted octanol–water partition coefficient (Wildman–Crippen LogP) is 2.39. The molecule has 4 rings (SSSR count). The van der Waals surface area contributed by atoms with Gasteiger partial charge in [0.2, 0.25) is 10.0 Å². The summed E-state index contributed by atoms with van der Waals surface area (Å²) >= 11 is 0. The van der Waals surface area contributed by atoms with E-state index >= 15 is 0 Å². The Kier molecular flexibility index (Phi) is 6.02. The second-order valence-corrected chi connectivity index (χ2v) is 12.6. The number of sulfone groups is 1. The van der Waals surface area contributed by atoms with Crippen molar-refractivity contribution in [1.29, 1.82) is 0 Å². The zero-order valence-corrected chi connectivity index (χ0v) is 19.8. The number of anilines is 1. The molecule has 2 aromatic rings. The van der Waals surface area contributed by atoms with Crippen molar-refractivity contribution in [3.05, 3.63) is 41.2 Å². The van der Waals surface area contributed by atoms with E-state index in [1.165, 1.54) is 10.4 Å². The first-order chi connectivity index (χ1) is 15.3. The molecule has 13 heteroatoms. The Morgan fingerprint density at radius 3 is 2.33 bits per heavy atom. The first-order valence-corrected chi connectivity index (χ1v) is 13.7. The molecule has 2 fully saturated rings. The van der Waals surface area contributed by atoms with Crippen LogP contribution in [0.5, 0.6) is 0 Å². The average Bonchev–Trinajstić information content (AvgIpc) is 3.25. The van der Waals surface area contributed by atoms with Gasteiger partial charge in [0.15, 0.2) is 9.84 Å². The minimum absolute atomic E-state index is 0.0530. The highest BCUT2D eigenvalue weighted by Crippen LogP contribution is 2.33. The third-order valence-corrected chi connectivity index (χ3v) is 9.84. The molecule has 182 valence electrons. The van der Waals surface area contributed by atoms with Crippen LogP contribution in [-0.2, 0) is 26.0 Å². The van der Waals surface area contributed by atoms with Crippen molar-refractivity contribution >= 4 is 25.5 Å². The van der Waals surface area contributed by atoms with Crippen molar-refractivity contribution in [2.75, 3.05) is 42.6 Å². The first-order valence-electron chi connectivity index (χ1n) is 10.5. The van der Waals surface area contributed by atoms with Gasteiger partial charge in [0.25, 0.3) is 0 Å². The van der Waals surface area contributed by atoms with E-state index < -0.39 is 31.6 Å². The smallest absolute Gasteiger partial charge is 0.366 e. The van der Waals surface area contributed by atoms with Crippen LogP contribution in [0, 0.1) is 13.8 Å². The standard InChI is InChI=1S/C20H25F3N4O4S2/c1-14-19(15(2)27(24-14)17-6-11-32(28,29)13-17)25-7-9-26(10-8-25)33(30,31)18-5-3-4-16(12-18)20(21,22)23/h3-5,12,17H,6-11,13H2,1-2H3. The summed E-state index contributed by atoms with van der Waals surface area (Å²) in [6, 6.07) is 3.55. The monoisotopic (exact) mass is 506 g/mol. The molecule has 0 spiro atoms. The maximum absolute atomic E-state index is 13.0. The molecule has 2 saturated heterocycles. The number of halogens is 3. The van der Waals surface area contributed by atoms with Crippen LogP contribution in [0.4, 0.5) is 18.9 Å². The van der Waals surface area contributed by atoms with Crippen LogP contribution in [-0.4, -0.2) is 68.6 Å². The fourth-order valence-electron chi connectivity index (χ4n) is 4.57. The quantitative estimate of drug-likeness (QED) is 0.632. The molecule has 0 radical (unpaired) electrons. The van der Waals surface area contributed by atoms with Crippen LogP contribution in [0.15, 0.2) is 29.2 Å². The number of rotatable bonds is 4. The van der Waals surface area contributed by atoms with E-state index in [0.29, 0.717) is 25.6 Å². The molecule has 0 bridgehead atoms. The summed E-state index contributed by atoms with van der Waals surface area (Å²) in [5.41, 5.74) is 1.39. The van der Waals surface area contributed by atoms with Gasteiger partial charge < -0.3 is 4.90 Å². The molecule has 2 aliphatic heterocycles. The maximum Gasteiger partial charge on any atom is 0.416 e. The van der Waals surface area contributed by atoms with E-state index in [1.54, 1.807) is 4.68 Å². The second-order valence-electron chi connectivity index (χ2n) is 8.44. The highest BCUT2D eigenvalue weighted by molar-refractivity contribution is 7.91. The van der Waals surface area contributed by atoms with E-state index in [-0.39, 0.29) is 35.5 Å². The molecular formula is C20H25F3N4O4S2. The van der Waals surface area contributed by atoms with E-state index in [4.69, 9.17) is 0 Å². The number of aromatic nitrogens is 2. The molecule has 2 aliphatic rings. The number of alkyl halides is 3. The number of piperazine rings is 1. The SMILES string of the molecule is Cc1nn(C2CCS(=O)(=O)C2)c(C)c1N1CCN(S(=O)(=O)c2cccc(C(F)(F)F)c2)CC1. The van der Waals surface area contributed by atoms with Crippen molar-refractivity contribution < 1.29 is 30.0 Å². The van der Waals surface area contributed by atoms with Gasteiger partial charge in [0.05, 0.1) is 45.1 Å². The molecule has 3 heterocycles. The number of hydrogen-bond acceptors (Lipinski definition) is 6. The van der Waals surface area contributed by atoms with E-state index in [2.05, 4.69) is 5.10 Å². The minimum atomic E-state index is -4.63. The van der Waals surface area contributed by atoms with Crippen molar-refractivity contribution in [2.45, 2.75) is 37.4 Å². The topological polar surface area (TPSA) is 92.6 Å². The molecule has 1 aromatic carbocycles. The van der Waals surface area contributed by atoms with E-state index in [1.807, 2.05) is 18.7 Å². The highest BCUT2D eigenvalue weighted by atomic mass is 32.2. The van der Waals surface area contributed by atoms with E-state index in [0.717, 1.165) is 29.2 Å². The van der Waals surface area contributed by atoms with Crippen LogP contribution in [0.2, 0.25) is 0 Å². The molecule has 1 unspecified atom stereocenters. The van der Waals surface area contributed by atoms with Gasteiger partial charge in [0.1, 0.15) is 0 Å². The fourth-order valence-corrected chi connectivity index (χ4v) is 7.73. The average molecular weight is 507 g/mol. The fraction of sp³-hybridized carbons (Fsp3) is 0.550. The summed E-state index contributed by atoms with van der Waals surface area (Å²) in [4.78, 5) is 1.61. The summed E-state index contributed by atoms with van der Waals surface area (Å²) in [5.74, 6) is 0.189. The minimum Gasteiger partial charge on any atom is -0.366 e. The van der Waals surface area contributed by atoms with Crippen molar-refractivity contribution in [2.24, 2.45) is 0 Å². The number of benzene rings is 1. The Morgan fingerprint density at radius 2 is 1.76 bits per heavy atom. The molecule has 8 nitrogen and oxygen atoms in total. The third kappa shape index (κ3) is 4.62. The first kappa shape index (κ1) is 24.0. The number of nitrogens with zero attached hydrogens (tertiary/aromatic N) is 4. The summed E-state index contributed by atoms with van der Waals surface area (Å²) in [7, 11) is -7.14. The lowest BCUT2D eigenvalue weighted by Crippen LogP contribution is -2.49. The lowest BCUT2D eigenvalue weighted by atomic mass is 10.2. The Morgan fingerprint density at radius 1 is 1.09 bits per heavy atom.